The summed E-state index contributed by atoms with van der Waals surface area (Å²) in [4.78, 5) is 11.5. The Morgan fingerprint density at radius 2 is 2.25 bits per heavy atom. The van der Waals surface area contributed by atoms with Gasteiger partial charge in [-0.25, -0.2) is 0 Å². The van der Waals surface area contributed by atoms with Crippen molar-refractivity contribution in [2.45, 2.75) is 38.0 Å². The number of carbonyl (C=O) groups excluding carboxylic acids is 1. The average Bonchev–Trinajstić information content (AvgIpc) is 2.61. The van der Waals surface area contributed by atoms with E-state index in [2.05, 4.69) is 30.4 Å². The van der Waals surface area contributed by atoms with Crippen molar-refractivity contribution in [3.05, 3.63) is 34.9 Å². The Hall–Kier alpha value is -1.31. The van der Waals surface area contributed by atoms with E-state index in [0.717, 1.165) is 13.0 Å². The topological polar surface area (TPSA) is 29.1 Å². The quantitative estimate of drug-likeness (QED) is 0.705. The third-order valence-corrected chi connectivity index (χ3v) is 4.06. The van der Waals surface area contributed by atoms with Crippen molar-refractivity contribution in [2.75, 3.05) is 6.54 Å². The Bertz CT molecular complexity index is 452. The number of hydrogen-bond donors (Lipinski definition) is 1. The Kier molecular flexibility index (Phi) is 2.06. The first-order valence-corrected chi connectivity index (χ1v) is 6.06. The Morgan fingerprint density at radius 3 is 3.00 bits per heavy atom. The van der Waals surface area contributed by atoms with Crippen LogP contribution in [-0.4, -0.2) is 12.5 Å². The number of benzene rings is 1. The van der Waals surface area contributed by atoms with Gasteiger partial charge in [0.2, 0.25) is 5.91 Å². The Balaban J connectivity index is 2.09. The van der Waals surface area contributed by atoms with Crippen LogP contribution in [0.4, 0.5) is 0 Å². The van der Waals surface area contributed by atoms with E-state index in [1.165, 1.54) is 29.5 Å². The predicted octanol–water partition coefficient (Wildman–Crippen LogP) is 2.09. The molecule has 0 bridgehead atoms. The van der Waals surface area contributed by atoms with Crippen molar-refractivity contribution in [1.29, 1.82) is 0 Å². The first kappa shape index (κ1) is 9.88. The lowest BCUT2D eigenvalue weighted by molar-refractivity contribution is -0.119. The van der Waals surface area contributed by atoms with Crippen LogP contribution in [0.2, 0.25) is 0 Å². The molecule has 2 nitrogen and oxygen atoms in total. The lowest BCUT2D eigenvalue weighted by atomic mass is 9.69. The minimum absolute atomic E-state index is 0.109. The van der Waals surface area contributed by atoms with Gasteiger partial charge < -0.3 is 5.32 Å². The van der Waals surface area contributed by atoms with Crippen molar-refractivity contribution in [1.82, 2.24) is 5.32 Å². The zero-order valence-corrected chi connectivity index (χ0v) is 9.68. The molecule has 1 aliphatic carbocycles. The molecule has 1 amide bonds. The van der Waals surface area contributed by atoms with Crippen molar-refractivity contribution in [3.8, 4) is 0 Å². The van der Waals surface area contributed by atoms with E-state index in [1.54, 1.807) is 0 Å². The van der Waals surface area contributed by atoms with Crippen LogP contribution in [0.1, 0.15) is 36.0 Å². The third-order valence-electron chi connectivity index (χ3n) is 4.06. The SMILES string of the molecule is Cc1ccc2c(c1)CCCC21CNC(=O)C1. The first-order valence-electron chi connectivity index (χ1n) is 6.06. The van der Waals surface area contributed by atoms with E-state index in [1.807, 2.05) is 0 Å². The molecule has 16 heavy (non-hydrogen) atoms. The summed E-state index contributed by atoms with van der Waals surface area (Å²) >= 11 is 0. The summed E-state index contributed by atoms with van der Waals surface area (Å²) in [5.74, 6) is 0.216. The maximum Gasteiger partial charge on any atom is 0.220 e. The van der Waals surface area contributed by atoms with Crippen LogP contribution in [0.5, 0.6) is 0 Å². The summed E-state index contributed by atoms with van der Waals surface area (Å²) < 4.78 is 0. The second kappa shape index (κ2) is 3.34. The van der Waals surface area contributed by atoms with Crippen LogP contribution in [0, 0.1) is 6.92 Å². The number of amides is 1. The fraction of sp³-hybridized carbons (Fsp3) is 0.500. The van der Waals surface area contributed by atoms with Gasteiger partial charge in [-0.1, -0.05) is 23.8 Å². The molecule has 1 fully saturated rings. The highest BCUT2D eigenvalue weighted by molar-refractivity contribution is 5.81. The molecule has 84 valence electrons. The largest absolute Gasteiger partial charge is 0.355 e. The van der Waals surface area contributed by atoms with Crippen LogP contribution >= 0.6 is 0 Å². The standard InChI is InChI=1S/C14H17NO/c1-10-4-5-12-11(7-10)3-2-6-14(12)8-13(16)15-9-14/h4-5,7H,2-3,6,8-9H2,1H3,(H,15,16). The van der Waals surface area contributed by atoms with Gasteiger partial charge in [0.1, 0.15) is 0 Å². The summed E-state index contributed by atoms with van der Waals surface area (Å²) in [5, 5.41) is 3.00. The van der Waals surface area contributed by atoms with E-state index in [-0.39, 0.29) is 11.3 Å². The number of fused-ring (bicyclic) bond motifs is 2. The molecule has 0 saturated carbocycles. The Labute approximate surface area is 96.1 Å². The minimum atomic E-state index is 0.109. The normalized spacial score (nSPS) is 27.9. The van der Waals surface area contributed by atoms with Crippen molar-refractivity contribution < 1.29 is 4.79 Å². The first-order chi connectivity index (χ1) is 7.70. The van der Waals surface area contributed by atoms with E-state index < -0.39 is 0 Å². The van der Waals surface area contributed by atoms with Gasteiger partial charge in [0, 0.05) is 18.4 Å². The molecule has 0 radical (unpaired) electrons. The average molecular weight is 215 g/mol. The Morgan fingerprint density at radius 1 is 1.38 bits per heavy atom. The lowest BCUT2D eigenvalue weighted by Gasteiger charge is -2.34. The molecule has 1 spiro atoms. The molecule has 1 unspecified atom stereocenters. The van der Waals surface area contributed by atoms with E-state index in [9.17, 15) is 4.79 Å². The van der Waals surface area contributed by atoms with Gasteiger partial charge in [0.05, 0.1) is 0 Å². The number of aryl methyl sites for hydroxylation is 2. The molecular weight excluding hydrogens is 198 g/mol. The highest BCUT2D eigenvalue weighted by Gasteiger charge is 2.42. The molecule has 1 aliphatic heterocycles. The molecule has 2 aliphatic rings. The van der Waals surface area contributed by atoms with Crippen LogP contribution in [-0.2, 0) is 16.6 Å². The molecule has 1 aromatic rings. The van der Waals surface area contributed by atoms with Crippen molar-refractivity contribution in [2.24, 2.45) is 0 Å². The number of rotatable bonds is 0. The molecule has 2 heteroatoms. The lowest BCUT2D eigenvalue weighted by Crippen LogP contribution is -2.33. The van der Waals surface area contributed by atoms with Gasteiger partial charge in [-0.15, -0.1) is 0 Å². The second-order valence-electron chi connectivity index (χ2n) is 5.25. The highest BCUT2D eigenvalue weighted by Crippen LogP contribution is 2.42. The summed E-state index contributed by atoms with van der Waals surface area (Å²) in [7, 11) is 0. The van der Waals surface area contributed by atoms with Crippen LogP contribution in [0.3, 0.4) is 0 Å². The van der Waals surface area contributed by atoms with Crippen LogP contribution in [0.25, 0.3) is 0 Å². The van der Waals surface area contributed by atoms with E-state index in [0.29, 0.717) is 6.42 Å². The molecular formula is C14H17NO. The second-order valence-corrected chi connectivity index (χ2v) is 5.25. The number of nitrogens with one attached hydrogen (secondary N) is 1. The fourth-order valence-electron chi connectivity index (χ4n) is 3.27. The number of hydrogen-bond acceptors (Lipinski definition) is 1. The monoisotopic (exact) mass is 215 g/mol. The van der Waals surface area contributed by atoms with Gasteiger partial charge in [-0.05, 0) is 37.3 Å². The van der Waals surface area contributed by atoms with E-state index in [4.69, 9.17) is 0 Å². The third kappa shape index (κ3) is 1.36. The molecule has 1 saturated heterocycles. The van der Waals surface area contributed by atoms with Crippen molar-refractivity contribution in [3.63, 3.8) is 0 Å². The van der Waals surface area contributed by atoms with Crippen LogP contribution < -0.4 is 5.32 Å². The molecule has 1 aromatic carbocycles. The summed E-state index contributed by atoms with van der Waals surface area (Å²) in [6, 6.07) is 6.71. The maximum atomic E-state index is 11.5. The van der Waals surface area contributed by atoms with Gasteiger partial charge in [0.15, 0.2) is 0 Å². The predicted molar refractivity (Wildman–Crippen MR) is 63.4 cm³/mol. The zero-order valence-electron chi connectivity index (χ0n) is 9.68. The molecule has 0 aromatic heterocycles. The molecule has 3 rings (SSSR count). The smallest absolute Gasteiger partial charge is 0.220 e. The van der Waals surface area contributed by atoms with Crippen LogP contribution in [0.15, 0.2) is 18.2 Å². The van der Waals surface area contributed by atoms with E-state index >= 15 is 0 Å². The van der Waals surface area contributed by atoms with Gasteiger partial charge in [-0.3, -0.25) is 4.79 Å². The summed E-state index contributed by atoms with van der Waals surface area (Å²) in [5.41, 5.74) is 4.32. The molecule has 1 atom stereocenters. The highest BCUT2D eigenvalue weighted by atomic mass is 16.1. The van der Waals surface area contributed by atoms with Crippen molar-refractivity contribution >= 4 is 5.91 Å². The maximum absolute atomic E-state index is 11.5. The number of carbonyl (C=O) groups is 1. The van der Waals surface area contributed by atoms with Gasteiger partial charge in [-0.2, -0.15) is 0 Å². The zero-order chi connectivity index (χ0) is 11.2. The molecule has 1 N–H and O–H groups in total. The fourth-order valence-corrected chi connectivity index (χ4v) is 3.27. The summed E-state index contributed by atoms with van der Waals surface area (Å²) in [6.07, 6.45) is 4.23. The summed E-state index contributed by atoms with van der Waals surface area (Å²) in [6.45, 7) is 2.97. The van der Waals surface area contributed by atoms with Gasteiger partial charge in [0.25, 0.3) is 0 Å². The molecule has 1 heterocycles. The minimum Gasteiger partial charge on any atom is -0.355 e. The van der Waals surface area contributed by atoms with Gasteiger partial charge >= 0.3 is 0 Å².